The minimum atomic E-state index is -0.906. The van der Waals surface area contributed by atoms with Crippen LogP contribution in [-0.4, -0.2) is 59.8 Å². The Morgan fingerprint density at radius 3 is 2.14 bits per heavy atom. The number of carboxylic acids is 1. The number of hydrogen-bond acceptors (Lipinski definition) is 5. The zero-order valence-corrected chi connectivity index (χ0v) is 23.6. The average Bonchev–Trinajstić information content (AvgIpc) is 3.71. The van der Waals surface area contributed by atoms with Gasteiger partial charge in [-0.25, -0.2) is 4.79 Å². The van der Waals surface area contributed by atoms with Crippen molar-refractivity contribution in [1.29, 1.82) is 0 Å². The van der Waals surface area contributed by atoms with E-state index in [-0.39, 0.29) is 36.7 Å². The number of rotatable bonds is 10. The minimum Gasteiger partial charge on any atom is -0.481 e. The fourth-order valence-corrected chi connectivity index (χ4v) is 6.63. The molecular formula is C34H37N3O5. The molecule has 2 atom stereocenters. The molecule has 218 valence electrons. The number of carboxylic acid groups (broad SMARTS) is 1. The fraction of sp³-hybridized carbons (Fsp3) is 0.382. The van der Waals surface area contributed by atoms with E-state index >= 15 is 0 Å². The fourth-order valence-electron chi connectivity index (χ4n) is 6.63. The van der Waals surface area contributed by atoms with Crippen LogP contribution in [0, 0.1) is 11.8 Å². The van der Waals surface area contributed by atoms with Gasteiger partial charge in [0.1, 0.15) is 6.61 Å². The highest BCUT2D eigenvalue weighted by Crippen LogP contribution is 2.44. The number of alkyl carbamates (subject to hydrolysis) is 1. The number of likely N-dealkylation sites (tertiary alicyclic amines) is 1. The van der Waals surface area contributed by atoms with Crippen LogP contribution in [0.4, 0.5) is 4.79 Å². The molecule has 2 amide bonds. The van der Waals surface area contributed by atoms with Gasteiger partial charge in [0.15, 0.2) is 0 Å². The second-order valence-electron chi connectivity index (χ2n) is 11.9. The maximum Gasteiger partial charge on any atom is 0.407 e. The molecule has 8 heteroatoms. The number of nitrogens with one attached hydrogen (secondary N) is 2. The standard InChI is InChI=1S/C34H37N3O5/c38-31(39)19-34(14-16-37(17-15-34)21-23-8-2-1-3-9-23)36-32(40)29-18-24(29)20-35-33(41)42-22-30-27-12-6-4-10-25(27)26-11-5-7-13-28(26)30/h1-13,24,29-30H,14-22H2,(H,35,41)(H,36,40)(H,38,39)/t24-,29-/m1/s1. The molecule has 2 fully saturated rings. The molecule has 3 aromatic carbocycles. The molecule has 1 heterocycles. The topological polar surface area (TPSA) is 108 Å². The predicted molar refractivity (Wildman–Crippen MR) is 159 cm³/mol. The number of carbonyl (C=O) groups is 3. The van der Waals surface area contributed by atoms with Gasteiger partial charge in [0.25, 0.3) is 0 Å². The lowest BCUT2D eigenvalue weighted by molar-refractivity contribution is -0.140. The zero-order valence-electron chi connectivity index (χ0n) is 23.6. The van der Waals surface area contributed by atoms with Crippen molar-refractivity contribution >= 4 is 18.0 Å². The Bertz CT molecular complexity index is 1400. The van der Waals surface area contributed by atoms with Gasteiger partial charge in [-0.2, -0.15) is 0 Å². The summed E-state index contributed by atoms with van der Waals surface area (Å²) in [6.07, 6.45) is 1.27. The largest absolute Gasteiger partial charge is 0.481 e. The number of benzene rings is 3. The van der Waals surface area contributed by atoms with Crippen molar-refractivity contribution in [3.05, 3.63) is 95.6 Å². The normalized spacial score (nSPS) is 20.7. The van der Waals surface area contributed by atoms with Crippen LogP contribution >= 0.6 is 0 Å². The van der Waals surface area contributed by atoms with E-state index in [9.17, 15) is 19.5 Å². The summed E-state index contributed by atoms with van der Waals surface area (Å²) in [4.78, 5) is 39.8. The lowest BCUT2D eigenvalue weighted by Gasteiger charge is -2.41. The van der Waals surface area contributed by atoms with Crippen LogP contribution in [-0.2, 0) is 20.9 Å². The molecule has 3 N–H and O–H groups in total. The molecule has 3 aliphatic rings. The molecule has 0 unspecified atom stereocenters. The molecule has 0 spiro atoms. The summed E-state index contributed by atoms with van der Waals surface area (Å²) < 4.78 is 5.63. The van der Waals surface area contributed by atoms with Crippen LogP contribution < -0.4 is 10.6 Å². The maximum absolute atomic E-state index is 13.2. The Labute approximate surface area is 246 Å². The highest BCUT2D eigenvalue weighted by Gasteiger charge is 2.47. The van der Waals surface area contributed by atoms with Gasteiger partial charge in [-0.1, -0.05) is 78.9 Å². The third-order valence-electron chi connectivity index (χ3n) is 9.05. The average molecular weight is 568 g/mol. The van der Waals surface area contributed by atoms with Crippen LogP contribution in [0.3, 0.4) is 0 Å². The van der Waals surface area contributed by atoms with Crippen LogP contribution in [0.5, 0.6) is 0 Å². The number of ether oxygens (including phenoxy) is 1. The zero-order chi connectivity index (χ0) is 29.1. The summed E-state index contributed by atoms with van der Waals surface area (Å²) in [5.41, 5.74) is 5.15. The Hall–Kier alpha value is -4.17. The van der Waals surface area contributed by atoms with Crippen molar-refractivity contribution in [3.63, 3.8) is 0 Å². The Kier molecular flexibility index (Phi) is 7.98. The summed E-state index contributed by atoms with van der Waals surface area (Å²) in [6.45, 7) is 2.85. The van der Waals surface area contributed by atoms with E-state index in [1.807, 2.05) is 42.5 Å². The van der Waals surface area contributed by atoms with Crippen LogP contribution in [0.15, 0.2) is 78.9 Å². The highest BCUT2D eigenvalue weighted by molar-refractivity contribution is 5.83. The van der Waals surface area contributed by atoms with Crippen LogP contribution in [0.1, 0.15) is 48.3 Å². The van der Waals surface area contributed by atoms with Crippen LogP contribution in [0.2, 0.25) is 0 Å². The van der Waals surface area contributed by atoms with E-state index in [2.05, 4.69) is 51.9 Å². The number of hydrogen-bond donors (Lipinski definition) is 3. The van der Waals surface area contributed by atoms with E-state index in [0.717, 1.165) is 30.8 Å². The highest BCUT2D eigenvalue weighted by atomic mass is 16.5. The third kappa shape index (κ3) is 6.19. The lowest BCUT2D eigenvalue weighted by Crippen LogP contribution is -2.56. The number of aliphatic carboxylic acids is 1. The van der Waals surface area contributed by atoms with Crippen molar-refractivity contribution in [2.24, 2.45) is 11.8 Å². The molecule has 0 radical (unpaired) electrons. The Balaban J connectivity index is 0.970. The molecular weight excluding hydrogens is 530 g/mol. The van der Waals surface area contributed by atoms with Gasteiger partial charge < -0.3 is 20.5 Å². The molecule has 1 saturated carbocycles. The molecule has 42 heavy (non-hydrogen) atoms. The van der Waals surface area contributed by atoms with Crippen LogP contribution in [0.25, 0.3) is 11.1 Å². The van der Waals surface area contributed by atoms with Gasteiger partial charge in [0.05, 0.1) is 12.0 Å². The number of amides is 2. The summed E-state index contributed by atoms with van der Waals surface area (Å²) in [5.74, 6) is -1.24. The quantitative estimate of drug-likeness (QED) is 0.325. The number of carbonyl (C=O) groups excluding carboxylic acids is 2. The Morgan fingerprint density at radius 1 is 0.881 bits per heavy atom. The van der Waals surface area contributed by atoms with Crippen molar-refractivity contribution in [1.82, 2.24) is 15.5 Å². The third-order valence-corrected chi connectivity index (χ3v) is 9.05. The molecule has 1 aliphatic heterocycles. The van der Waals surface area contributed by atoms with Gasteiger partial charge in [0, 0.05) is 38.0 Å². The van der Waals surface area contributed by atoms with Gasteiger partial charge in [-0.05, 0) is 53.0 Å². The first-order valence-electron chi connectivity index (χ1n) is 14.8. The molecule has 0 bridgehead atoms. The van der Waals surface area contributed by atoms with Gasteiger partial charge in [-0.15, -0.1) is 0 Å². The maximum atomic E-state index is 13.2. The first-order chi connectivity index (χ1) is 20.4. The Morgan fingerprint density at radius 2 is 1.50 bits per heavy atom. The van der Waals surface area contributed by atoms with Gasteiger partial charge in [0.2, 0.25) is 5.91 Å². The van der Waals surface area contributed by atoms with E-state index in [1.54, 1.807) is 0 Å². The summed E-state index contributed by atoms with van der Waals surface area (Å²) in [6, 6.07) is 26.6. The van der Waals surface area contributed by atoms with Crippen molar-refractivity contribution in [2.45, 2.75) is 43.7 Å². The SMILES string of the molecule is O=C(O)CC1(NC(=O)[C@@H]2C[C@@H]2CNC(=O)OCC2c3ccccc3-c3ccccc32)CCN(Cc2ccccc2)CC1. The predicted octanol–water partition coefficient (Wildman–Crippen LogP) is 4.79. The summed E-state index contributed by atoms with van der Waals surface area (Å²) in [7, 11) is 0. The lowest BCUT2D eigenvalue weighted by atomic mass is 9.83. The molecule has 8 nitrogen and oxygen atoms in total. The summed E-state index contributed by atoms with van der Waals surface area (Å²) >= 11 is 0. The van der Waals surface area contributed by atoms with Crippen molar-refractivity contribution < 1.29 is 24.2 Å². The summed E-state index contributed by atoms with van der Waals surface area (Å²) in [5, 5.41) is 15.6. The van der Waals surface area contributed by atoms with Gasteiger partial charge >= 0.3 is 12.1 Å². The van der Waals surface area contributed by atoms with E-state index in [1.165, 1.54) is 16.7 Å². The number of nitrogens with zero attached hydrogens (tertiary/aromatic N) is 1. The first kappa shape index (κ1) is 28.0. The number of fused-ring (bicyclic) bond motifs is 3. The second kappa shape index (κ2) is 12.0. The molecule has 0 aromatic heterocycles. The second-order valence-corrected chi connectivity index (χ2v) is 11.9. The number of piperidine rings is 1. The van der Waals surface area contributed by atoms with Crippen molar-refractivity contribution in [3.8, 4) is 11.1 Å². The van der Waals surface area contributed by atoms with Gasteiger partial charge in [-0.3, -0.25) is 14.5 Å². The molecule has 1 saturated heterocycles. The molecule has 3 aromatic rings. The monoisotopic (exact) mass is 567 g/mol. The van der Waals surface area contributed by atoms with E-state index in [0.29, 0.717) is 25.8 Å². The van der Waals surface area contributed by atoms with Crippen molar-refractivity contribution in [2.75, 3.05) is 26.2 Å². The first-order valence-corrected chi connectivity index (χ1v) is 14.8. The van der Waals surface area contributed by atoms with E-state index in [4.69, 9.17) is 4.74 Å². The van der Waals surface area contributed by atoms with E-state index < -0.39 is 17.6 Å². The molecule has 2 aliphatic carbocycles. The smallest absolute Gasteiger partial charge is 0.407 e. The molecule has 6 rings (SSSR count). The minimum absolute atomic E-state index is 0.00728.